The third-order valence-corrected chi connectivity index (χ3v) is 7.95. The standard InChI is InChI=1S/C19H21NO7S2/c1-3-26-19(21)18-13-20(29(24,25)14-8-6-5-7-9-14)16-12-15(28(22,23)4-2)10-11-17(16)27-18/h5-12,18H,3-4,13H2,1-2H3/t18-/m0/s1. The molecule has 0 bridgehead atoms. The van der Waals surface area contributed by atoms with Gasteiger partial charge in [-0.3, -0.25) is 4.31 Å². The van der Waals surface area contributed by atoms with Gasteiger partial charge in [-0.05, 0) is 37.3 Å². The highest BCUT2D eigenvalue weighted by Gasteiger charge is 2.38. The van der Waals surface area contributed by atoms with Gasteiger partial charge in [0, 0.05) is 0 Å². The number of carbonyl (C=O) groups is 1. The lowest BCUT2D eigenvalue weighted by Crippen LogP contribution is -2.47. The number of ether oxygens (including phenoxy) is 2. The summed E-state index contributed by atoms with van der Waals surface area (Å²) in [6, 6.07) is 11.6. The molecule has 2 aromatic rings. The van der Waals surface area contributed by atoms with Gasteiger partial charge < -0.3 is 9.47 Å². The minimum Gasteiger partial charge on any atom is -0.475 e. The molecule has 0 aromatic heterocycles. The average Bonchev–Trinajstić information content (AvgIpc) is 2.73. The lowest BCUT2D eigenvalue weighted by Gasteiger charge is -2.34. The predicted octanol–water partition coefficient (Wildman–Crippen LogP) is 2.00. The molecular weight excluding hydrogens is 418 g/mol. The van der Waals surface area contributed by atoms with E-state index in [1.54, 1.807) is 25.1 Å². The highest BCUT2D eigenvalue weighted by Crippen LogP contribution is 2.39. The molecule has 0 aliphatic carbocycles. The van der Waals surface area contributed by atoms with Crippen molar-refractivity contribution in [1.82, 2.24) is 0 Å². The summed E-state index contributed by atoms with van der Waals surface area (Å²) in [7, 11) is -7.65. The number of fused-ring (bicyclic) bond motifs is 1. The van der Waals surface area contributed by atoms with Crippen LogP contribution in [0.1, 0.15) is 13.8 Å². The van der Waals surface area contributed by atoms with Crippen molar-refractivity contribution in [2.24, 2.45) is 0 Å². The van der Waals surface area contributed by atoms with E-state index < -0.39 is 31.9 Å². The van der Waals surface area contributed by atoms with Gasteiger partial charge in [-0.25, -0.2) is 21.6 Å². The summed E-state index contributed by atoms with van der Waals surface area (Å²) in [5.74, 6) is -0.746. The quantitative estimate of drug-likeness (QED) is 0.634. The van der Waals surface area contributed by atoms with Gasteiger partial charge in [0.05, 0.1) is 34.4 Å². The molecule has 0 amide bonds. The molecule has 0 unspecified atom stereocenters. The Labute approximate surface area is 170 Å². The number of sulfonamides is 1. The highest BCUT2D eigenvalue weighted by atomic mass is 32.2. The van der Waals surface area contributed by atoms with Crippen LogP contribution >= 0.6 is 0 Å². The van der Waals surface area contributed by atoms with Gasteiger partial charge in [0.2, 0.25) is 6.10 Å². The van der Waals surface area contributed by atoms with E-state index in [1.807, 2.05) is 0 Å². The summed E-state index contributed by atoms with van der Waals surface area (Å²) >= 11 is 0. The summed E-state index contributed by atoms with van der Waals surface area (Å²) in [6.45, 7) is 2.92. The fourth-order valence-electron chi connectivity index (χ4n) is 2.90. The Hall–Kier alpha value is -2.59. The number of hydrogen-bond acceptors (Lipinski definition) is 7. The van der Waals surface area contributed by atoms with E-state index >= 15 is 0 Å². The minimum atomic E-state index is -4.08. The third kappa shape index (κ3) is 4.08. The zero-order valence-corrected chi connectivity index (χ0v) is 17.6. The SMILES string of the molecule is CCOC(=O)[C@@H]1CN(S(=O)(=O)c2ccccc2)c2cc(S(=O)(=O)CC)ccc2O1. The van der Waals surface area contributed by atoms with E-state index in [4.69, 9.17) is 9.47 Å². The normalized spacial score (nSPS) is 16.6. The second kappa shape index (κ2) is 8.03. The predicted molar refractivity (Wildman–Crippen MR) is 106 cm³/mol. The molecule has 1 aliphatic heterocycles. The summed E-state index contributed by atoms with van der Waals surface area (Å²) in [5, 5.41) is 0. The first-order valence-corrected chi connectivity index (χ1v) is 12.1. The first kappa shape index (κ1) is 21.1. The van der Waals surface area contributed by atoms with E-state index in [1.165, 1.54) is 37.3 Å². The molecule has 10 heteroatoms. The van der Waals surface area contributed by atoms with Crippen LogP contribution in [0.4, 0.5) is 5.69 Å². The second-order valence-electron chi connectivity index (χ2n) is 6.24. The van der Waals surface area contributed by atoms with Crippen LogP contribution in [-0.2, 0) is 29.4 Å². The minimum absolute atomic E-state index is 0.0132. The fraction of sp³-hybridized carbons (Fsp3) is 0.316. The first-order valence-electron chi connectivity index (χ1n) is 8.98. The van der Waals surface area contributed by atoms with Gasteiger partial charge in [0.25, 0.3) is 10.0 Å². The average molecular weight is 440 g/mol. The fourth-order valence-corrected chi connectivity index (χ4v) is 5.29. The molecule has 0 fully saturated rings. The molecule has 1 aliphatic rings. The molecular formula is C19H21NO7S2. The molecule has 3 rings (SSSR count). The molecule has 0 radical (unpaired) electrons. The second-order valence-corrected chi connectivity index (χ2v) is 10.4. The van der Waals surface area contributed by atoms with Crippen LogP contribution < -0.4 is 9.04 Å². The van der Waals surface area contributed by atoms with Crippen LogP contribution in [0.25, 0.3) is 0 Å². The molecule has 0 saturated carbocycles. The number of nitrogens with zero attached hydrogens (tertiary/aromatic N) is 1. The zero-order valence-electron chi connectivity index (χ0n) is 15.9. The Bertz CT molecular complexity index is 1110. The molecule has 2 aromatic carbocycles. The smallest absolute Gasteiger partial charge is 0.349 e. The van der Waals surface area contributed by atoms with Gasteiger partial charge in [0.1, 0.15) is 5.75 Å². The summed E-state index contributed by atoms with van der Waals surface area (Å²) in [5.41, 5.74) is 0.0592. The number of anilines is 1. The third-order valence-electron chi connectivity index (χ3n) is 4.42. The Balaban J connectivity index is 2.15. The van der Waals surface area contributed by atoms with Crippen molar-refractivity contribution in [3.05, 3.63) is 48.5 Å². The van der Waals surface area contributed by atoms with Crippen LogP contribution in [0.5, 0.6) is 5.75 Å². The lowest BCUT2D eigenvalue weighted by atomic mass is 10.2. The Kier molecular flexibility index (Phi) is 5.85. The first-order chi connectivity index (χ1) is 13.7. The molecule has 8 nitrogen and oxygen atoms in total. The van der Waals surface area contributed by atoms with E-state index in [-0.39, 0.29) is 40.1 Å². The maximum atomic E-state index is 13.3. The Morgan fingerprint density at radius 3 is 2.38 bits per heavy atom. The van der Waals surface area contributed by atoms with Gasteiger partial charge >= 0.3 is 5.97 Å². The van der Waals surface area contributed by atoms with E-state index in [2.05, 4.69) is 0 Å². The van der Waals surface area contributed by atoms with Crippen molar-refractivity contribution >= 4 is 31.5 Å². The maximum Gasteiger partial charge on any atom is 0.349 e. The van der Waals surface area contributed by atoms with E-state index in [9.17, 15) is 21.6 Å². The summed E-state index contributed by atoms with van der Waals surface area (Å²) in [4.78, 5) is 12.2. The van der Waals surface area contributed by atoms with Crippen LogP contribution in [0.15, 0.2) is 58.3 Å². The van der Waals surface area contributed by atoms with Gasteiger partial charge in [-0.15, -0.1) is 0 Å². The van der Waals surface area contributed by atoms with Crippen LogP contribution in [-0.4, -0.2) is 47.8 Å². The number of sulfone groups is 1. The monoisotopic (exact) mass is 439 g/mol. The lowest BCUT2D eigenvalue weighted by molar-refractivity contribution is -0.151. The summed E-state index contributed by atoms with van der Waals surface area (Å²) < 4.78 is 62.7. The molecule has 1 heterocycles. The van der Waals surface area contributed by atoms with Gasteiger partial charge in [-0.1, -0.05) is 25.1 Å². The molecule has 0 saturated heterocycles. The zero-order chi connectivity index (χ0) is 21.2. The number of hydrogen-bond donors (Lipinski definition) is 0. The molecule has 156 valence electrons. The van der Waals surface area contributed by atoms with Gasteiger partial charge in [0.15, 0.2) is 9.84 Å². The number of benzene rings is 2. The van der Waals surface area contributed by atoms with E-state index in [0.717, 1.165) is 4.31 Å². The Morgan fingerprint density at radius 2 is 1.76 bits per heavy atom. The van der Waals surface area contributed by atoms with Crippen molar-refractivity contribution in [3.8, 4) is 5.75 Å². The maximum absolute atomic E-state index is 13.3. The van der Waals surface area contributed by atoms with Crippen molar-refractivity contribution in [3.63, 3.8) is 0 Å². The largest absolute Gasteiger partial charge is 0.475 e. The topological polar surface area (TPSA) is 107 Å². The van der Waals surface area contributed by atoms with Crippen LogP contribution in [0.2, 0.25) is 0 Å². The van der Waals surface area contributed by atoms with Crippen molar-refractivity contribution < 1.29 is 31.1 Å². The number of carbonyl (C=O) groups excluding carboxylic acids is 1. The van der Waals surface area contributed by atoms with E-state index in [0.29, 0.717) is 0 Å². The van der Waals surface area contributed by atoms with Gasteiger partial charge in [-0.2, -0.15) is 0 Å². The summed E-state index contributed by atoms with van der Waals surface area (Å²) in [6.07, 6.45) is -1.17. The molecule has 0 N–H and O–H groups in total. The number of esters is 1. The van der Waals surface area contributed by atoms with Crippen LogP contribution in [0, 0.1) is 0 Å². The molecule has 29 heavy (non-hydrogen) atoms. The van der Waals surface area contributed by atoms with Crippen molar-refractivity contribution in [1.29, 1.82) is 0 Å². The highest BCUT2D eigenvalue weighted by molar-refractivity contribution is 7.93. The number of rotatable bonds is 6. The Morgan fingerprint density at radius 1 is 1.07 bits per heavy atom. The van der Waals surface area contributed by atoms with Crippen molar-refractivity contribution in [2.45, 2.75) is 29.7 Å². The molecule has 0 spiro atoms. The van der Waals surface area contributed by atoms with Crippen LogP contribution in [0.3, 0.4) is 0 Å². The molecule has 1 atom stereocenters. The van der Waals surface area contributed by atoms with Crippen molar-refractivity contribution in [2.75, 3.05) is 23.2 Å².